The number of hydrogen-bond acceptors (Lipinski definition) is 16. The molecule has 4 fully saturated rings. The minimum atomic E-state index is -0.435. The highest BCUT2D eigenvalue weighted by Gasteiger charge is 2.41. The largest absolute Gasteiger partial charge is 0.456 e. The van der Waals surface area contributed by atoms with E-state index >= 15 is 0 Å². The summed E-state index contributed by atoms with van der Waals surface area (Å²) in [5.41, 5.74) is 6.22. The monoisotopic (exact) mass is 1450 g/mol. The van der Waals surface area contributed by atoms with Gasteiger partial charge in [-0.3, -0.25) is 9.59 Å². The summed E-state index contributed by atoms with van der Waals surface area (Å²) in [6.45, 7) is 51.9. The van der Waals surface area contributed by atoms with Gasteiger partial charge in [0.05, 0.1) is 0 Å². The Hall–Kier alpha value is -9.18. The smallest absolute Gasteiger partial charge is 0.333 e. The summed E-state index contributed by atoms with van der Waals surface area (Å²) in [6, 6.07) is 24.4. The Morgan fingerprint density at radius 3 is 1.39 bits per heavy atom. The maximum atomic E-state index is 11.9. The first-order valence-electron chi connectivity index (χ1n) is 37.0. The van der Waals surface area contributed by atoms with Gasteiger partial charge in [-0.05, 0) is 256 Å². The maximum Gasteiger partial charge on any atom is 0.333 e. The van der Waals surface area contributed by atoms with E-state index in [9.17, 15) is 38.4 Å². The van der Waals surface area contributed by atoms with Gasteiger partial charge in [0, 0.05) is 47.3 Å². The Balaban J connectivity index is 0.000000410. The molecule has 3 aromatic rings. The van der Waals surface area contributed by atoms with E-state index in [1.165, 1.54) is 64.4 Å². The van der Waals surface area contributed by atoms with Crippen molar-refractivity contribution in [3.63, 3.8) is 0 Å². The topological polar surface area (TPSA) is 210 Å². The highest BCUT2D eigenvalue weighted by Crippen LogP contribution is 2.42. The Morgan fingerprint density at radius 1 is 0.476 bits per heavy atom. The predicted octanol–water partition coefficient (Wildman–Crippen LogP) is 21.2. The molecule has 0 bridgehead atoms. The van der Waals surface area contributed by atoms with Crippen molar-refractivity contribution in [2.24, 2.45) is 5.92 Å². The third-order valence-electron chi connectivity index (χ3n) is 18.4. The van der Waals surface area contributed by atoms with Crippen LogP contribution in [0.15, 0.2) is 189 Å². The molecule has 0 amide bonds. The molecule has 9 rings (SSSR count). The molecule has 0 N–H and O–H groups in total. The summed E-state index contributed by atoms with van der Waals surface area (Å²) >= 11 is 0. The molecular weight excluding hydrogens is 1320 g/mol. The van der Waals surface area contributed by atoms with Gasteiger partial charge in [0.1, 0.15) is 46.1 Å². The molecule has 105 heavy (non-hydrogen) atoms. The van der Waals surface area contributed by atoms with Gasteiger partial charge in [-0.2, -0.15) is 0 Å². The van der Waals surface area contributed by atoms with Crippen molar-refractivity contribution in [2.75, 3.05) is 0 Å². The zero-order chi connectivity index (χ0) is 78.9. The number of ether oxygens (including phenoxy) is 8. The van der Waals surface area contributed by atoms with Gasteiger partial charge in [0.25, 0.3) is 0 Å². The van der Waals surface area contributed by atoms with Crippen molar-refractivity contribution in [3.8, 4) is 11.5 Å². The maximum absolute atomic E-state index is 11.9. The fraction of sp³-hybridized carbons (Fsp3) is 0.483. The van der Waals surface area contributed by atoms with Crippen LogP contribution in [-0.2, 0) is 72.4 Å². The van der Waals surface area contributed by atoms with Crippen molar-refractivity contribution in [1.29, 1.82) is 0 Å². The second-order valence-electron chi connectivity index (χ2n) is 28.5. The van der Waals surface area contributed by atoms with Gasteiger partial charge in [-0.25, -0.2) is 28.8 Å². The number of esters is 8. The third-order valence-corrected chi connectivity index (χ3v) is 18.4. The average Bonchev–Trinajstić information content (AvgIpc) is 1.28. The van der Waals surface area contributed by atoms with E-state index in [-0.39, 0.29) is 76.8 Å². The van der Waals surface area contributed by atoms with Crippen LogP contribution >= 0.6 is 0 Å². The first kappa shape index (κ1) is 91.9. The molecule has 4 saturated carbocycles. The van der Waals surface area contributed by atoms with E-state index in [2.05, 4.69) is 92.5 Å². The lowest BCUT2D eigenvalue weighted by Crippen LogP contribution is -2.37. The molecule has 3 aromatic carbocycles. The number of carbonyl (C=O) groups is 8. The van der Waals surface area contributed by atoms with Crippen LogP contribution in [0.25, 0.3) is 12.2 Å². The average molecular weight is 1450 g/mol. The molecule has 16 heteroatoms. The molecule has 0 aliphatic heterocycles. The molecule has 0 spiro atoms. The van der Waals surface area contributed by atoms with Crippen LogP contribution in [0.2, 0.25) is 0 Å². The number of carbonyl (C=O) groups excluding carboxylic acids is 8. The Labute approximate surface area is 628 Å². The SMILES string of the molecule is C=C(C)C(=O)OC1(C(C)C)CCCC1.C=C(C)C(=O)OC1(C)CCCC1.C=C(C)C(=O)OC1(CC)CCCC1.C=C(C)C(=O)OC1(c2ccccc2)CCCCC1.C=C(C)C(=O)OC1C=C(C)CCC1.C=C(C)C(=O)OC1C=CCC1.C=Cc1ccc(OC(C)=O)cc1.C=Cc1cccc(OC(C)=O)c1. The molecule has 0 heterocycles. The third kappa shape index (κ3) is 35.4. The van der Waals surface area contributed by atoms with Gasteiger partial charge in [0.2, 0.25) is 0 Å². The van der Waals surface area contributed by atoms with E-state index in [4.69, 9.17) is 37.9 Å². The van der Waals surface area contributed by atoms with E-state index in [0.717, 1.165) is 119 Å². The molecule has 2 atom stereocenters. The van der Waals surface area contributed by atoms with Crippen LogP contribution in [0.4, 0.5) is 0 Å². The quantitative estimate of drug-likeness (QED) is 0.0359. The van der Waals surface area contributed by atoms with Gasteiger partial charge < -0.3 is 37.9 Å². The Bertz CT molecular complexity index is 3480. The van der Waals surface area contributed by atoms with Gasteiger partial charge >= 0.3 is 47.8 Å². The first-order chi connectivity index (χ1) is 49.5. The zero-order valence-electron chi connectivity index (χ0n) is 65.6. The minimum Gasteiger partial charge on any atom is -0.456 e. The van der Waals surface area contributed by atoms with Crippen LogP contribution in [-0.4, -0.2) is 76.8 Å². The number of allylic oxidation sites excluding steroid dienone is 2. The molecular formula is C89H122O16. The highest BCUT2D eigenvalue weighted by molar-refractivity contribution is 5.89. The van der Waals surface area contributed by atoms with Crippen LogP contribution in [0.5, 0.6) is 11.5 Å². The summed E-state index contributed by atoms with van der Waals surface area (Å²) in [5.74, 6) is -0.666. The number of rotatable bonds is 19. The summed E-state index contributed by atoms with van der Waals surface area (Å²) in [4.78, 5) is 89.1. The number of benzene rings is 3. The lowest BCUT2D eigenvalue weighted by molar-refractivity contribution is -0.160. The van der Waals surface area contributed by atoms with Crippen molar-refractivity contribution in [1.82, 2.24) is 0 Å². The van der Waals surface area contributed by atoms with E-state index in [1.807, 2.05) is 67.6 Å². The van der Waals surface area contributed by atoms with Crippen molar-refractivity contribution >= 4 is 59.9 Å². The van der Waals surface area contributed by atoms with Crippen molar-refractivity contribution in [3.05, 3.63) is 205 Å². The molecule has 6 aliphatic rings. The van der Waals surface area contributed by atoms with Crippen LogP contribution in [0.1, 0.15) is 254 Å². The van der Waals surface area contributed by atoms with E-state index in [1.54, 1.807) is 78.0 Å². The molecule has 574 valence electrons. The van der Waals surface area contributed by atoms with E-state index in [0.29, 0.717) is 50.9 Å². The summed E-state index contributed by atoms with van der Waals surface area (Å²) in [7, 11) is 0. The minimum absolute atomic E-state index is 0.0146. The fourth-order valence-electron chi connectivity index (χ4n) is 12.0. The Kier molecular flexibility index (Phi) is 41.4. The van der Waals surface area contributed by atoms with Crippen molar-refractivity contribution in [2.45, 2.75) is 272 Å². The normalized spacial score (nSPS) is 17.6. The van der Waals surface area contributed by atoms with E-state index < -0.39 is 5.60 Å². The second-order valence-corrected chi connectivity index (χ2v) is 28.5. The second kappa shape index (κ2) is 47.3. The first-order valence-corrected chi connectivity index (χ1v) is 37.0. The van der Waals surface area contributed by atoms with Gasteiger partial charge in [-0.15, -0.1) is 0 Å². The van der Waals surface area contributed by atoms with Crippen LogP contribution < -0.4 is 9.47 Å². The van der Waals surface area contributed by atoms with Gasteiger partial charge in [0.15, 0.2) is 0 Å². The molecule has 16 nitrogen and oxygen atoms in total. The molecule has 2 unspecified atom stereocenters. The standard InChI is InChI=1S/C16H20O2.C12H20O2.C11H16O2.C11H18O2.C10H16O2.2C10H10O2.C9H12O2/c1-13(2)15(17)18-16(11-7-4-8-12-16)14-9-5-3-6-10-14;1-9(2)11(13)14-12(10(3)4)7-5-6-8-12;1-8(2)11(12)13-10-6-4-5-9(3)7-10;1-4-11(7-5-6-8-11)13-10(12)9(2)3;1-8(2)9(11)12-10(3)6-4-5-7-10;1-3-9-4-6-10(7-5-9)12-8(2)11;1-3-9-5-4-6-10(7-9)12-8(2)11;1-7(2)9(10)11-8-5-3-4-6-8/h3,5-6,9-10H,1,4,7-8,11-12H2,2H3;10H,1,5-8H2,2-4H3;7,10H,1,4-6H2,2-3H3;2,4-8H2,1,3H3;1,4-7H2,2-3H3;2*3-7H,1H2,2H3;3,5,8H,1,4,6H2,2H3. The lowest BCUT2D eigenvalue weighted by Gasteiger charge is -2.37. The van der Waals surface area contributed by atoms with Gasteiger partial charge in [-0.1, -0.05) is 158 Å². The molecule has 0 radical (unpaired) electrons. The molecule has 0 aromatic heterocycles. The fourth-order valence-corrected chi connectivity index (χ4v) is 12.0. The highest BCUT2D eigenvalue weighted by atomic mass is 16.6. The van der Waals surface area contributed by atoms with Crippen LogP contribution in [0.3, 0.4) is 0 Å². The number of hydrogen-bond donors (Lipinski definition) is 0. The Morgan fingerprint density at radius 2 is 0.933 bits per heavy atom. The molecule has 0 saturated heterocycles. The zero-order valence-corrected chi connectivity index (χ0v) is 65.6. The molecule has 6 aliphatic carbocycles. The predicted molar refractivity (Wildman–Crippen MR) is 420 cm³/mol. The summed E-state index contributed by atoms with van der Waals surface area (Å²) in [6.07, 6.45) is 33.7. The summed E-state index contributed by atoms with van der Waals surface area (Å²) in [5, 5.41) is 0. The van der Waals surface area contributed by atoms with Crippen molar-refractivity contribution < 1.29 is 76.3 Å². The summed E-state index contributed by atoms with van der Waals surface area (Å²) < 4.78 is 42.1. The lowest BCUT2D eigenvalue weighted by atomic mass is 9.79. The van der Waals surface area contributed by atoms with Crippen LogP contribution in [0, 0.1) is 5.92 Å².